The lowest BCUT2D eigenvalue weighted by atomic mass is 10.1. The van der Waals surface area contributed by atoms with Gasteiger partial charge in [0.25, 0.3) is 0 Å². The molecule has 0 aliphatic rings. The van der Waals surface area contributed by atoms with Crippen LogP contribution in [0.3, 0.4) is 0 Å². The number of phenols is 1. The third-order valence-electron chi connectivity index (χ3n) is 4.09. The minimum atomic E-state index is 0.286. The Bertz CT molecular complexity index is 839. The van der Waals surface area contributed by atoms with Crippen LogP contribution in [0.2, 0.25) is 0 Å². The molecule has 0 amide bonds. The third kappa shape index (κ3) is 3.37. The fourth-order valence-electron chi connectivity index (χ4n) is 2.73. The SMILES string of the molecule is Cc1nn(C)c(C)c1-c1cc(NCCc2ccc(O)cc2)ncn1. The molecule has 1 aromatic carbocycles. The molecule has 0 saturated heterocycles. The number of aryl methyl sites for hydroxylation is 2. The Balaban J connectivity index is 1.70. The first-order valence-corrected chi connectivity index (χ1v) is 7.89. The molecule has 124 valence electrons. The minimum Gasteiger partial charge on any atom is -0.508 e. The molecule has 0 aliphatic carbocycles. The van der Waals surface area contributed by atoms with Crippen LogP contribution in [0.15, 0.2) is 36.7 Å². The Morgan fingerprint density at radius 1 is 1.12 bits per heavy atom. The molecule has 0 fully saturated rings. The number of nitrogens with one attached hydrogen (secondary N) is 1. The molecule has 3 rings (SSSR count). The van der Waals surface area contributed by atoms with Crippen LogP contribution in [0, 0.1) is 13.8 Å². The maximum atomic E-state index is 9.31. The van der Waals surface area contributed by atoms with Gasteiger partial charge in [0.1, 0.15) is 17.9 Å². The van der Waals surface area contributed by atoms with Crippen molar-refractivity contribution >= 4 is 5.82 Å². The van der Waals surface area contributed by atoms with Crippen LogP contribution in [-0.2, 0) is 13.5 Å². The summed E-state index contributed by atoms with van der Waals surface area (Å²) in [5.74, 6) is 1.08. The van der Waals surface area contributed by atoms with Crippen LogP contribution >= 0.6 is 0 Å². The highest BCUT2D eigenvalue weighted by Gasteiger charge is 2.13. The first-order chi connectivity index (χ1) is 11.5. The van der Waals surface area contributed by atoms with Gasteiger partial charge in [-0.2, -0.15) is 5.10 Å². The average molecular weight is 323 g/mol. The number of phenolic OH excluding ortho intramolecular Hbond substituents is 1. The molecule has 6 heteroatoms. The molecule has 0 spiro atoms. The van der Waals surface area contributed by atoms with Crippen molar-refractivity contribution in [3.8, 4) is 17.0 Å². The summed E-state index contributed by atoms with van der Waals surface area (Å²) in [6, 6.07) is 9.20. The summed E-state index contributed by atoms with van der Waals surface area (Å²) in [6.45, 7) is 4.78. The van der Waals surface area contributed by atoms with Gasteiger partial charge in [-0.3, -0.25) is 4.68 Å². The Morgan fingerprint density at radius 3 is 2.54 bits per heavy atom. The molecular weight excluding hydrogens is 302 g/mol. The van der Waals surface area contributed by atoms with Crippen LogP contribution in [0.4, 0.5) is 5.82 Å². The Kier molecular flexibility index (Phi) is 4.46. The van der Waals surface area contributed by atoms with E-state index in [1.165, 1.54) is 0 Å². The number of aromatic hydroxyl groups is 1. The van der Waals surface area contributed by atoms with Crippen molar-refractivity contribution in [1.82, 2.24) is 19.7 Å². The average Bonchev–Trinajstić information content (AvgIpc) is 2.82. The second kappa shape index (κ2) is 6.70. The Hall–Kier alpha value is -2.89. The topological polar surface area (TPSA) is 75.9 Å². The predicted octanol–water partition coefficient (Wildman–Crippen LogP) is 2.85. The molecule has 6 nitrogen and oxygen atoms in total. The van der Waals surface area contributed by atoms with Crippen LogP contribution in [0.1, 0.15) is 17.0 Å². The van der Waals surface area contributed by atoms with E-state index in [2.05, 4.69) is 20.4 Å². The lowest BCUT2D eigenvalue weighted by Crippen LogP contribution is -2.06. The summed E-state index contributed by atoms with van der Waals surface area (Å²) in [5.41, 5.74) is 5.14. The summed E-state index contributed by atoms with van der Waals surface area (Å²) in [4.78, 5) is 8.68. The summed E-state index contributed by atoms with van der Waals surface area (Å²) in [5, 5.41) is 17.1. The van der Waals surface area contributed by atoms with E-state index in [4.69, 9.17) is 0 Å². The molecule has 2 heterocycles. The quantitative estimate of drug-likeness (QED) is 0.755. The van der Waals surface area contributed by atoms with Crippen LogP contribution in [0.25, 0.3) is 11.3 Å². The molecule has 0 saturated carbocycles. The molecule has 3 aromatic rings. The van der Waals surface area contributed by atoms with Gasteiger partial charge in [0.15, 0.2) is 0 Å². The second-order valence-corrected chi connectivity index (χ2v) is 5.80. The predicted molar refractivity (Wildman–Crippen MR) is 94.0 cm³/mol. The number of rotatable bonds is 5. The monoisotopic (exact) mass is 323 g/mol. The zero-order valence-electron chi connectivity index (χ0n) is 14.1. The summed E-state index contributed by atoms with van der Waals surface area (Å²) in [7, 11) is 1.93. The van der Waals surface area contributed by atoms with E-state index in [0.717, 1.165) is 47.0 Å². The molecule has 0 unspecified atom stereocenters. The van der Waals surface area contributed by atoms with Crippen molar-refractivity contribution < 1.29 is 5.11 Å². The number of hydrogen-bond acceptors (Lipinski definition) is 5. The van der Waals surface area contributed by atoms with Gasteiger partial charge in [0.05, 0.1) is 11.4 Å². The van der Waals surface area contributed by atoms with Crippen LogP contribution < -0.4 is 5.32 Å². The number of aromatic nitrogens is 4. The zero-order valence-corrected chi connectivity index (χ0v) is 14.1. The zero-order chi connectivity index (χ0) is 17.1. The highest BCUT2D eigenvalue weighted by molar-refractivity contribution is 5.67. The maximum Gasteiger partial charge on any atom is 0.129 e. The third-order valence-corrected chi connectivity index (χ3v) is 4.09. The van der Waals surface area contributed by atoms with Crippen molar-refractivity contribution in [3.63, 3.8) is 0 Å². The molecule has 0 radical (unpaired) electrons. The fourth-order valence-corrected chi connectivity index (χ4v) is 2.73. The molecule has 0 aliphatic heterocycles. The first kappa shape index (κ1) is 16.0. The van der Waals surface area contributed by atoms with E-state index in [1.807, 2.05) is 43.8 Å². The van der Waals surface area contributed by atoms with E-state index < -0.39 is 0 Å². The van der Waals surface area contributed by atoms with E-state index in [1.54, 1.807) is 18.5 Å². The molecule has 2 aromatic heterocycles. The minimum absolute atomic E-state index is 0.286. The molecule has 0 bridgehead atoms. The van der Waals surface area contributed by atoms with Crippen molar-refractivity contribution in [2.45, 2.75) is 20.3 Å². The van der Waals surface area contributed by atoms with Gasteiger partial charge < -0.3 is 10.4 Å². The van der Waals surface area contributed by atoms with Crippen molar-refractivity contribution in [3.05, 3.63) is 53.6 Å². The lowest BCUT2D eigenvalue weighted by Gasteiger charge is -2.08. The van der Waals surface area contributed by atoms with Crippen molar-refractivity contribution in [2.75, 3.05) is 11.9 Å². The van der Waals surface area contributed by atoms with Gasteiger partial charge >= 0.3 is 0 Å². The number of hydrogen-bond donors (Lipinski definition) is 2. The summed E-state index contributed by atoms with van der Waals surface area (Å²) >= 11 is 0. The van der Waals surface area contributed by atoms with Gasteiger partial charge in [-0.1, -0.05) is 12.1 Å². The second-order valence-electron chi connectivity index (χ2n) is 5.80. The maximum absolute atomic E-state index is 9.31. The Labute approximate surface area is 141 Å². The van der Waals surface area contributed by atoms with Gasteiger partial charge in [-0.15, -0.1) is 0 Å². The number of benzene rings is 1. The molecule has 2 N–H and O–H groups in total. The first-order valence-electron chi connectivity index (χ1n) is 7.89. The van der Waals surface area contributed by atoms with Gasteiger partial charge in [0.2, 0.25) is 0 Å². The smallest absolute Gasteiger partial charge is 0.129 e. The van der Waals surface area contributed by atoms with Crippen LogP contribution in [-0.4, -0.2) is 31.4 Å². The van der Waals surface area contributed by atoms with Gasteiger partial charge in [0, 0.05) is 30.9 Å². The summed E-state index contributed by atoms with van der Waals surface area (Å²) < 4.78 is 1.87. The van der Waals surface area contributed by atoms with Gasteiger partial charge in [-0.05, 0) is 38.0 Å². The van der Waals surface area contributed by atoms with E-state index >= 15 is 0 Å². The lowest BCUT2D eigenvalue weighted by molar-refractivity contribution is 0.475. The molecular formula is C18H21N5O. The fraction of sp³-hybridized carbons (Fsp3) is 0.278. The van der Waals surface area contributed by atoms with Gasteiger partial charge in [-0.25, -0.2) is 9.97 Å². The van der Waals surface area contributed by atoms with E-state index in [0.29, 0.717) is 0 Å². The number of anilines is 1. The highest BCUT2D eigenvalue weighted by atomic mass is 16.3. The highest BCUT2D eigenvalue weighted by Crippen LogP contribution is 2.25. The van der Waals surface area contributed by atoms with Crippen molar-refractivity contribution in [1.29, 1.82) is 0 Å². The largest absolute Gasteiger partial charge is 0.508 e. The number of nitrogens with zero attached hydrogens (tertiary/aromatic N) is 4. The Morgan fingerprint density at radius 2 is 1.88 bits per heavy atom. The van der Waals surface area contributed by atoms with E-state index in [9.17, 15) is 5.11 Å². The molecule has 0 atom stereocenters. The standard InChI is InChI=1S/C18H21N5O/c1-12-18(13(2)23(3)22-12)16-10-17(21-11-20-16)19-9-8-14-4-6-15(24)7-5-14/h4-7,10-11,24H,8-9H2,1-3H3,(H,19,20,21). The normalized spacial score (nSPS) is 10.8. The summed E-state index contributed by atoms with van der Waals surface area (Å²) in [6.07, 6.45) is 2.43. The van der Waals surface area contributed by atoms with E-state index in [-0.39, 0.29) is 5.75 Å². The van der Waals surface area contributed by atoms with Crippen LogP contribution in [0.5, 0.6) is 5.75 Å². The van der Waals surface area contributed by atoms with Crippen molar-refractivity contribution in [2.24, 2.45) is 7.05 Å². The molecule has 24 heavy (non-hydrogen) atoms.